The van der Waals surface area contributed by atoms with Gasteiger partial charge in [0.15, 0.2) is 0 Å². The van der Waals surface area contributed by atoms with Gasteiger partial charge in [-0.15, -0.1) is 11.3 Å². The lowest BCUT2D eigenvalue weighted by molar-refractivity contribution is -0.121. The number of carbonyl (C=O) groups is 3. The summed E-state index contributed by atoms with van der Waals surface area (Å²) >= 11 is 1.44. The summed E-state index contributed by atoms with van der Waals surface area (Å²) in [6.45, 7) is 2.02. The molecule has 3 N–H and O–H groups in total. The molecule has 2 aromatic rings. The zero-order valence-corrected chi connectivity index (χ0v) is 22.1. The highest BCUT2D eigenvalue weighted by molar-refractivity contribution is 7.09. The van der Waals surface area contributed by atoms with E-state index in [1.807, 2.05) is 17.0 Å². The monoisotopic (exact) mass is 525 g/mol. The van der Waals surface area contributed by atoms with Gasteiger partial charge in [0, 0.05) is 30.9 Å². The van der Waals surface area contributed by atoms with Gasteiger partial charge in [-0.1, -0.05) is 23.8 Å². The van der Waals surface area contributed by atoms with Crippen molar-refractivity contribution in [2.24, 2.45) is 0 Å². The first kappa shape index (κ1) is 26.7. The number of thiazole rings is 1. The second-order valence-corrected chi connectivity index (χ2v) is 10.3. The van der Waals surface area contributed by atoms with E-state index in [0.29, 0.717) is 25.4 Å². The van der Waals surface area contributed by atoms with Crippen molar-refractivity contribution in [3.63, 3.8) is 0 Å². The van der Waals surface area contributed by atoms with Crippen molar-refractivity contribution in [1.82, 2.24) is 26.1 Å². The Morgan fingerprint density at radius 2 is 2.00 bits per heavy atom. The maximum Gasteiger partial charge on any atom is 0.317 e. The summed E-state index contributed by atoms with van der Waals surface area (Å²) < 4.78 is 5.17. The van der Waals surface area contributed by atoms with E-state index >= 15 is 0 Å². The van der Waals surface area contributed by atoms with Gasteiger partial charge in [-0.25, -0.2) is 9.78 Å². The van der Waals surface area contributed by atoms with Crippen LogP contribution < -0.4 is 20.9 Å². The molecule has 0 spiro atoms. The minimum Gasteiger partial charge on any atom is -0.497 e. The minimum absolute atomic E-state index is 0.00115. The van der Waals surface area contributed by atoms with Crippen molar-refractivity contribution >= 4 is 29.2 Å². The van der Waals surface area contributed by atoms with Crippen LogP contribution in [0, 0.1) is 0 Å². The first-order chi connectivity index (χ1) is 18.0. The number of likely N-dealkylation sites (tertiary alicyclic amines) is 1. The van der Waals surface area contributed by atoms with Crippen LogP contribution in [0.25, 0.3) is 0 Å². The van der Waals surface area contributed by atoms with Crippen LogP contribution in [0.4, 0.5) is 4.79 Å². The number of hydrogen-bond acceptors (Lipinski definition) is 6. The number of rotatable bonds is 8. The van der Waals surface area contributed by atoms with Crippen molar-refractivity contribution in [3.05, 3.63) is 57.6 Å². The van der Waals surface area contributed by atoms with Crippen molar-refractivity contribution in [3.8, 4) is 5.75 Å². The molecule has 4 rings (SSSR count). The van der Waals surface area contributed by atoms with E-state index < -0.39 is 5.91 Å². The zero-order valence-electron chi connectivity index (χ0n) is 21.3. The van der Waals surface area contributed by atoms with Gasteiger partial charge >= 0.3 is 6.03 Å². The number of amides is 4. The molecule has 9 nitrogen and oxygen atoms in total. The van der Waals surface area contributed by atoms with Crippen molar-refractivity contribution in [2.75, 3.05) is 26.7 Å². The van der Waals surface area contributed by atoms with Crippen LogP contribution in [0.3, 0.4) is 0 Å². The normalized spacial score (nSPS) is 16.0. The van der Waals surface area contributed by atoms with Crippen LogP contribution in [0.2, 0.25) is 0 Å². The van der Waals surface area contributed by atoms with Crippen LogP contribution in [0.5, 0.6) is 5.75 Å². The average Bonchev–Trinajstić information content (AvgIpc) is 3.43. The largest absolute Gasteiger partial charge is 0.497 e. The third kappa shape index (κ3) is 7.79. The molecule has 0 atom stereocenters. The number of methoxy groups -OCH3 is 1. The molecule has 198 valence electrons. The SMILES string of the molecule is COc1cccc(CC(=O)NNC(=O)c2csc(C3CCN(C(=O)NCCC4=CCCCC4)CC3)n2)c1. The fraction of sp³-hybridized carbons (Fsp3) is 0.481. The molecular weight excluding hydrogens is 490 g/mol. The summed E-state index contributed by atoms with van der Waals surface area (Å²) in [6.07, 6.45) is 9.84. The third-order valence-electron chi connectivity index (χ3n) is 6.81. The fourth-order valence-electron chi connectivity index (χ4n) is 4.68. The number of nitrogens with zero attached hydrogens (tertiary/aromatic N) is 2. The molecular formula is C27H35N5O4S. The number of ether oxygens (including phenoxy) is 1. The van der Waals surface area contributed by atoms with E-state index in [9.17, 15) is 14.4 Å². The van der Waals surface area contributed by atoms with E-state index in [0.717, 1.165) is 42.7 Å². The highest BCUT2D eigenvalue weighted by Crippen LogP contribution is 2.30. The first-order valence-electron chi connectivity index (χ1n) is 12.9. The number of hydrogen-bond donors (Lipinski definition) is 3. The summed E-state index contributed by atoms with van der Waals surface area (Å²) in [5.74, 6) is 0.0959. The van der Waals surface area contributed by atoms with Crippen LogP contribution in [0.15, 0.2) is 41.3 Å². The summed E-state index contributed by atoms with van der Waals surface area (Å²) in [7, 11) is 1.57. The van der Waals surface area contributed by atoms with Crippen LogP contribution in [-0.4, -0.2) is 54.5 Å². The molecule has 2 heterocycles. The average molecular weight is 526 g/mol. The summed E-state index contributed by atoms with van der Waals surface area (Å²) in [5, 5.41) is 5.65. The number of benzene rings is 1. The Morgan fingerprint density at radius 3 is 2.76 bits per heavy atom. The molecule has 10 heteroatoms. The van der Waals surface area contributed by atoms with E-state index in [2.05, 4.69) is 27.2 Å². The van der Waals surface area contributed by atoms with Gasteiger partial charge in [-0.2, -0.15) is 0 Å². The number of urea groups is 1. The molecule has 4 amide bonds. The molecule has 0 bridgehead atoms. The zero-order chi connectivity index (χ0) is 26.0. The fourth-order valence-corrected chi connectivity index (χ4v) is 5.66. The van der Waals surface area contributed by atoms with Gasteiger partial charge in [0.2, 0.25) is 5.91 Å². The Morgan fingerprint density at radius 1 is 1.16 bits per heavy atom. The molecule has 1 aliphatic heterocycles. The molecule has 0 saturated carbocycles. The van der Waals surface area contributed by atoms with E-state index in [1.54, 1.807) is 24.6 Å². The molecule has 1 fully saturated rings. The van der Waals surface area contributed by atoms with Gasteiger partial charge in [0.25, 0.3) is 5.91 Å². The number of aromatic nitrogens is 1. The lowest BCUT2D eigenvalue weighted by Crippen LogP contribution is -2.44. The number of allylic oxidation sites excluding steroid dienone is 1. The number of carbonyl (C=O) groups excluding carboxylic acids is 3. The van der Waals surface area contributed by atoms with E-state index in [1.165, 1.54) is 29.8 Å². The van der Waals surface area contributed by atoms with Gasteiger partial charge in [0.05, 0.1) is 18.5 Å². The lowest BCUT2D eigenvalue weighted by atomic mass is 9.97. The molecule has 2 aliphatic rings. The number of piperidine rings is 1. The molecule has 1 aromatic carbocycles. The van der Waals surface area contributed by atoms with Gasteiger partial charge in [-0.3, -0.25) is 20.4 Å². The molecule has 1 aliphatic carbocycles. The Balaban J connectivity index is 1.17. The highest BCUT2D eigenvalue weighted by atomic mass is 32.1. The lowest BCUT2D eigenvalue weighted by Gasteiger charge is -2.31. The molecule has 0 radical (unpaired) electrons. The summed E-state index contributed by atoms with van der Waals surface area (Å²) in [5.41, 5.74) is 7.40. The van der Waals surface area contributed by atoms with Crippen LogP contribution in [0.1, 0.15) is 71.9 Å². The van der Waals surface area contributed by atoms with Crippen LogP contribution in [-0.2, 0) is 11.2 Å². The Hall–Kier alpha value is -3.40. The minimum atomic E-state index is -0.452. The van der Waals surface area contributed by atoms with E-state index in [4.69, 9.17) is 4.74 Å². The van der Waals surface area contributed by atoms with Gasteiger partial charge in [0.1, 0.15) is 11.4 Å². The topological polar surface area (TPSA) is 113 Å². The van der Waals surface area contributed by atoms with Gasteiger partial charge < -0.3 is 15.0 Å². The Bertz CT molecular complexity index is 1120. The highest BCUT2D eigenvalue weighted by Gasteiger charge is 2.26. The van der Waals surface area contributed by atoms with E-state index in [-0.39, 0.29) is 30.0 Å². The molecule has 1 aromatic heterocycles. The smallest absolute Gasteiger partial charge is 0.317 e. The van der Waals surface area contributed by atoms with Crippen LogP contribution >= 0.6 is 11.3 Å². The van der Waals surface area contributed by atoms with Crippen molar-refractivity contribution in [2.45, 2.75) is 57.3 Å². The number of nitrogens with one attached hydrogen (secondary N) is 3. The first-order valence-corrected chi connectivity index (χ1v) is 13.8. The second-order valence-electron chi connectivity index (χ2n) is 9.45. The summed E-state index contributed by atoms with van der Waals surface area (Å²) in [4.78, 5) is 43.6. The predicted molar refractivity (Wildman–Crippen MR) is 143 cm³/mol. The third-order valence-corrected chi connectivity index (χ3v) is 7.81. The molecule has 0 unspecified atom stereocenters. The second kappa shape index (κ2) is 13.2. The molecule has 37 heavy (non-hydrogen) atoms. The maximum atomic E-state index is 12.5. The van der Waals surface area contributed by atoms with Crippen molar-refractivity contribution in [1.29, 1.82) is 0 Å². The molecule has 1 saturated heterocycles. The predicted octanol–water partition coefficient (Wildman–Crippen LogP) is 3.93. The maximum absolute atomic E-state index is 12.5. The van der Waals surface area contributed by atoms with Gasteiger partial charge in [-0.05, 0) is 62.6 Å². The van der Waals surface area contributed by atoms with Crippen molar-refractivity contribution < 1.29 is 19.1 Å². The standard InChI is InChI=1S/C27H35N5O4S/c1-36-22-9-5-8-20(16-22)17-24(33)30-31-25(34)23-18-37-26(29-23)21-11-14-32(15-12-21)27(35)28-13-10-19-6-3-2-4-7-19/h5-6,8-9,16,18,21H,2-4,7,10-15,17H2,1H3,(H,28,35)(H,30,33)(H,31,34). The number of hydrazine groups is 1. The summed E-state index contributed by atoms with van der Waals surface area (Å²) in [6, 6.07) is 7.21. The Kier molecular flexibility index (Phi) is 9.53. The quantitative estimate of drug-likeness (QED) is 0.357. The Labute approximate surface area is 221 Å².